The van der Waals surface area contributed by atoms with E-state index in [1.807, 2.05) is 0 Å². The van der Waals surface area contributed by atoms with Crippen molar-refractivity contribution < 1.29 is 4.74 Å². The lowest BCUT2D eigenvalue weighted by molar-refractivity contribution is 0.143. The highest BCUT2D eigenvalue weighted by atomic mass is 16.5. The zero-order valence-corrected chi connectivity index (χ0v) is 6.42. The fourth-order valence-electron chi connectivity index (χ4n) is 1.04. The van der Waals surface area contributed by atoms with Crippen LogP contribution in [0.15, 0.2) is 24.3 Å². The van der Waals surface area contributed by atoms with Crippen LogP contribution in [-0.2, 0) is 4.74 Å². The van der Waals surface area contributed by atoms with E-state index in [0.717, 1.165) is 12.8 Å². The summed E-state index contributed by atoms with van der Waals surface area (Å²) in [7, 11) is 1.75. The molecule has 0 bridgehead atoms. The minimum absolute atomic E-state index is 0.302. The van der Waals surface area contributed by atoms with Gasteiger partial charge in [0, 0.05) is 7.11 Å². The van der Waals surface area contributed by atoms with Crippen LogP contribution in [0, 0.1) is 0 Å². The predicted molar refractivity (Wildman–Crippen MR) is 42.9 cm³/mol. The first-order chi connectivity index (χ1) is 4.93. The van der Waals surface area contributed by atoms with Crippen molar-refractivity contribution in [3.8, 4) is 0 Å². The van der Waals surface area contributed by atoms with Gasteiger partial charge in [0.15, 0.2) is 0 Å². The highest BCUT2D eigenvalue weighted by Crippen LogP contribution is 2.06. The van der Waals surface area contributed by atoms with Crippen molar-refractivity contribution in [1.29, 1.82) is 0 Å². The average Bonchev–Trinajstić information content (AvgIpc) is 1.87. The Hall–Kier alpha value is -0.560. The molecule has 0 spiro atoms. The molecule has 0 aliphatic heterocycles. The van der Waals surface area contributed by atoms with E-state index in [2.05, 4.69) is 24.3 Å². The van der Waals surface area contributed by atoms with Gasteiger partial charge in [0.05, 0.1) is 6.10 Å². The summed E-state index contributed by atoms with van der Waals surface area (Å²) in [5.74, 6) is 0. The van der Waals surface area contributed by atoms with Crippen molar-refractivity contribution in [3.63, 3.8) is 0 Å². The molecule has 0 N–H and O–H groups in total. The maximum Gasteiger partial charge on any atom is 0.0786 e. The van der Waals surface area contributed by atoms with Gasteiger partial charge >= 0.3 is 0 Å². The van der Waals surface area contributed by atoms with Crippen LogP contribution in [-0.4, -0.2) is 13.2 Å². The third-order valence-electron chi connectivity index (χ3n) is 1.69. The molecule has 0 fully saturated rings. The molecule has 0 aromatic rings. The standard InChI is InChI=1S/C9H14O/c1-10-9-7-5-3-2-4-6-8-9/h3,5-6,8-9H,2,4,7H2,1H3/b5-3-,8-6-. The molecule has 0 saturated carbocycles. The monoisotopic (exact) mass is 138 g/mol. The second-order valence-corrected chi connectivity index (χ2v) is 2.49. The molecule has 1 heteroatoms. The van der Waals surface area contributed by atoms with Crippen molar-refractivity contribution in [2.24, 2.45) is 0 Å². The first-order valence-electron chi connectivity index (χ1n) is 3.78. The molecule has 0 aromatic carbocycles. The Morgan fingerprint density at radius 2 is 2.00 bits per heavy atom. The largest absolute Gasteiger partial charge is 0.377 e. The van der Waals surface area contributed by atoms with E-state index < -0.39 is 0 Å². The van der Waals surface area contributed by atoms with E-state index in [1.165, 1.54) is 6.42 Å². The van der Waals surface area contributed by atoms with E-state index in [0.29, 0.717) is 6.10 Å². The summed E-state index contributed by atoms with van der Waals surface area (Å²) in [5, 5.41) is 0. The van der Waals surface area contributed by atoms with E-state index in [4.69, 9.17) is 4.74 Å². The maximum atomic E-state index is 5.19. The summed E-state index contributed by atoms with van der Waals surface area (Å²) in [6, 6.07) is 0. The zero-order chi connectivity index (χ0) is 7.23. The van der Waals surface area contributed by atoms with Gasteiger partial charge in [-0.3, -0.25) is 0 Å². The Morgan fingerprint density at radius 1 is 1.20 bits per heavy atom. The molecule has 0 radical (unpaired) electrons. The minimum atomic E-state index is 0.302. The minimum Gasteiger partial charge on any atom is -0.377 e. The number of rotatable bonds is 1. The lowest BCUT2D eigenvalue weighted by Crippen LogP contribution is -2.05. The van der Waals surface area contributed by atoms with Crippen LogP contribution in [0.3, 0.4) is 0 Å². The van der Waals surface area contributed by atoms with Crippen LogP contribution in [0.4, 0.5) is 0 Å². The van der Waals surface area contributed by atoms with E-state index in [-0.39, 0.29) is 0 Å². The second kappa shape index (κ2) is 4.29. The van der Waals surface area contributed by atoms with E-state index in [9.17, 15) is 0 Å². The lowest BCUT2D eigenvalue weighted by atomic mass is 10.1. The fraction of sp³-hybridized carbons (Fsp3) is 0.556. The highest BCUT2D eigenvalue weighted by Gasteiger charge is 1.99. The van der Waals surface area contributed by atoms with Gasteiger partial charge in [-0.15, -0.1) is 0 Å². The van der Waals surface area contributed by atoms with Gasteiger partial charge in [0.1, 0.15) is 0 Å². The van der Waals surface area contributed by atoms with Gasteiger partial charge in [0.2, 0.25) is 0 Å². The molecule has 0 heterocycles. The molecule has 1 atom stereocenters. The Kier molecular flexibility index (Phi) is 3.23. The van der Waals surface area contributed by atoms with Gasteiger partial charge in [-0.2, -0.15) is 0 Å². The smallest absolute Gasteiger partial charge is 0.0786 e. The maximum absolute atomic E-state index is 5.19. The topological polar surface area (TPSA) is 9.23 Å². The molecule has 1 rings (SSSR count). The first kappa shape index (κ1) is 7.55. The van der Waals surface area contributed by atoms with Crippen molar-refractivity contribution in [3.05, 3.63) is 24.3 Å². The molecule has 0 aromatic heterocycles. The average molecular weight is 138 g/mol. The Morgan fingerprint density at radius 3 is 2.80 bits per heavy atom. The first-order valence-corrected chi connectivity index (χ1v) is 3.78. The summed E-state index contributed by atoms with van der Waals surface area (Å²) in [5.41, 5.74) is 0. The SMILES string of the molecule is COC1/C=C\CC/C=C\C1. The van der Waals surface area contributed by atoms with Crippen LogP contribution in [0.25, 0.3) is 0 Å². The third kappa shape index (κ3) is 2.36. The van der Waals surface area contributed by atoms with Crippen molar-refractivity contribution >= 4 is 0 Å². The number of allylic oxidation sites excluding steroid dienone is 2. The molecule has 0 amide bonds. The summed E-state index contributed by atoms with van der Waals surface area (Å²) in [4.78, 5) is 0. The van der Waals surface area contributed by atoms with Gasteiger partial charge in [-0.25, -0.2) is 0 Å². The Bertz CT molecular complexity index is 136. The molecular weight excluding hydrogens is 124 g/mol. The van der Waals surface area contributed by atoms with Gasteiger partial charge in [0.25, 0.3) is 0 Å². The number of hydrogen-bond acceptors (Lipinski definition) is 1. The van der Waals surface area contributed by atoms with Crippen molar-refractivity contribution in [1.82, 2.24) is 0 Å². The number of methoxy groups -OCH3 is 1. The molecular formula is C9H14O. The van der Waals surface area contributed by atoms with Crippen LogP contribution >= 0.6 is 0 Å². The molecule has 1 aliphatic carbocycles. The van der Waals surface area contributed by atoms with Gasteiger partial charge in [-0.05, 0) is 19.3 Å². The van der Waals surface area contributed by atoms with Crippen LogP contribution in [0.1, 0.15) is 19.3 Å². The quantitative estimate of drug-likeness (QED) is 0.505. The summed E-state index contributed by atoms with van der Waals surface area (Å²) < 4.78 is 5.19. The van der Waals surface area contributed by atoms with Gasteiger partial charge < -0.3 is 4.74 Å². The van der Waals surface area contributed by atoms with Crippen molar-refractivity contribution in [2.45, 2.75) is 25.4 Å². The highest BCUT2D eigenvalue weighted by molar-refractivity contribution is 4.99. The second-order valence-electron chi connectivity index (χ2n) is 2.49. The third-order valence-corrected chi connectivity index (χ3v) is 1.69. The van der Waals surface area contributed by atoms with E-state index >= 15 is 0 Å². The number of ether oxygens (including phenoxy) is 1. The van der Waals surface area contributed by atoms with Crippen LogP contribution in [0.2, 0.25) is 0 Å². The zero-order valence-electron chi connectivity index (χ0n) is 6.42. The van der Waals surface area contributed by atoms with Crippen molar-refractivity contribution in [2.75, 3.05) is 7.11 Å². The van der Waals surface area contributed by atoms with Crippen LogP contribution in [0.5, 0.6) is 0 Å². The molecule has 1 nitrogen and oxygen atoms in total. The predicted octanol–water partition coefficient (Wildman–Crippen LogP) is 2.30. The molecule has 1 unspecified atom stereocenters. The number of hydrogen-bond donors (Lipinski definition) is 0. The summed E-state index contributed by atoms with van der Waals surface area (Å²) in [6.45, 7) is 0. The van der Waals surface area contributed by atoms with E-state index in [1.54, 1.807) is 7.11 Å². The summed E-state index contributed by atoms with van der Waals surface area (Å²) in [6.07, 6.45) is 12.4. The van der Waals surface area contributed by atoms with Gasteiger partial charge in [-0.1, -0.05) is 24.3 Å². The molecule has 56 valence electrons. The lowest BCUT2D eigenvalue weighted by Gasteiger charge is -2.08. The molecule has 10 heavy (non-hydrogen) atoms. The normalized spacial score (nSPS) is 32.3. The molecule has 0 saturated heterocycles. The Labute approximate surface area is 62.4 Å². The molecule has 1 aliphatic rings. The van der Waals surface area contributed by atoms with Crippen LogP contribution < -0.4 is 0 Å². The Balaban J connectivity index is 2.41. The fourth-order valence-corrected chi connectivity index (χ4v) is 1.04. The summed E-state index contributed by atoms with van der Waals surface area (Å²) >= 11 is 0.